The molecule has 1 aliphatic rings. The summed E-state index contributed by atoms with van der Waals surface area (Å²) in [6.45, 7) is 7.46. The quantitative estimate of drug-likeness (QED) is 0.862. The molecule has 1 aromatic heterocycles. The largest absolute Gasteiger partial charge is 0.311 e. The molecule has 1 saturated heterocycles. The first-order chi connectivity index (χ1) is 9.19. The topological polar surface area (TPSA) is 31.4 Å². The molecular weight excluding hydrogens is 256 g/mol. The van der Waals surface area contributed by atoms with E-state index in [1.807, 2.05) is 0 Å². The van der Waals surface area contributed by atoms with Crippen LogP contribution in [0.4, 0.5) is 0 Å². The Morgan fingerprint density at radius 2 is 2.21 bits per heavy atom. The predicted octanol–water partition coefficient (Wildman–Crippen LogP) is 1.78. The minimum atomic E-state index is 0.718. The van der Waals surface area contributed by atoms with E-state index in [1.165, 1.54) is 36.6 Å². The van der Waals surface area contributed by atoms with E-state index in [0.29, 0.717) is 0 Å². The van der Waals surface area contributed by atoms with Crippen molar-refractivity contribution in [2.45, 2.75) is 38.9 Å². The molecule has 0 radical (unpaired) electrons. The Kier molecular flexibility index (Phi) is 5.76. The molecule has 0 aliphatic carbocycles. The van der Waals surface area contributed by atoms with E-state index in [1.54, 1.807) is 11.3 Å². The molecule has 0 saturated carbocycles. The van der Waals surface area contributed by atoms with Crippen LogP contribution in [-0.2, 0) is 13.1 Å². The standard InChI is InChI=1S/C14H26N4S/c1-4-15-9-14-16-12(11-19-14)10-18(3)13-5-7-17(2)8-6-13/h11,13,15H,4-10H2,1-3H3. The van der Waals surface area contributed by atoms with Crippen LogP contribution in [0.1, 0.15) is 30.5 Å². The van der Waals surface area contributed by atoms with Crippen molar-refractivity contribution in [3.8, 4) is 0 Å². The van der Waals surface area contributed by atoms with E-state index in [-0.39, 0.29) is 0 Å². The van der Waals surface area contributed by atoms with Gasteiger partial charge >= 0.3 is 0 Å². The normalized spacial score (nSPS) is 18.3. The third-order valence-corrected chi connectivity index (χ3v) is 4.75. The highest BCUT2D eigenvalue weighted by Crippen LogP contribution is 2.17. The molecule has 2 rings (SSSR count). The highest BCUT2D eigenvalue weighted by molar-refractivity contribution is 7.09. The van der Waals surface area contributed by atoms with E-state index in [0.717, 1.165) is 25.7 Å². The molecular formula is C14H26N4S. The Hall–Kier alpha value is -0.490. The fourth-order valence-corrected chi connectivity index (χ4v) is 3.31. The van der Waals surface area contributed by atoms with Crippen molar-refractivity contribution in [3.05, 3.63) is 16.1 Å². The fraction of sp³-hybridized carbons (Fsp3) is 0.786. The van der Waals surface area contributed by atoms with E-state index in [4.69, 9.17) is 4.98 Å². The Labute approximate surface area is 120 Å². The van der Waals surface area contributed by atoms with Crippen molar-refractivity contribution in [2.24, 2.45) is 0 Å². The maximum atomic E-state index is 4.70. The fourth-order valence-electron chi connectivity index (χ4n) is 2.56. The van der Waals surface area contributed by atoms with Crippen LogP contribution in [0, 0.1) is 0 Å². The first-order valence-electron chi connectivity index (χ1n) is 7.21. The van der Waals surface area contributed by atoms with Gasteiger partial charge in [0, 0.05) is 24.5 Å². The maximum absolute atomic E-state index is 4.70. The number of hydrogen-bond acceptors (Lipinski definition) is 5. The summed E-state index contributed by atoms with van der Waals surface area (Å²) in [5.41, 5.74) is 1.22. The summed E-state index contributed by atoms with van der Waals surface area (Å²) in [4.78, 5) is 9.59. The molecule has 5 heteroatoms. The van der Waals surface area contributed by atoms with Gasteiger partial charge in [-0.05, 0) is 46.6 Å². The van der Waals surface area contributed by atoms with Gasteiger partial charge in [0.2, 0.25) is 0 Å². The molecule has 4 nitrogen and oxygen atoms in total. The Morgan fingerprint density at radius 1 is 1.47 bits per heavy atom. The number of rotatable bonds is 6. The summed E-state index contributed by atoms with van der Waals surface area (Å²) < 4.78 is 0. The number of thiazole rings is 1. The minimum Gasteiger partial charge on any atom is -0.311 e. The number of aromatic nitrogens is 1. The first-order valence-corrected chi connectivity index (χ1v) is 8.09. The van der Waals surface area contributed by atoms with Crippen molar-refractivity contribution in [3.63, 3.8) is 0 Å². The van der Waals surface area contributed by atoms with Crippen molar-refractivity contribution in [1.82, 2.24) is 20.1 Å². The molecule has 1 aliphatic heterocycles. The van der Waals surface area contributed by atoms with Crippen LogP contribution in [0.3, 0.4) is 0 Å². The van der Waals surface area contributed by atoms with Crippen LogP contribution in [-0.4, -0.2) is 54.6 Å². The van der Waals surface area contributed by atoms with Crippen LogP contribution in [0.5, 0.6) is 0 Å². The maximum Gasteiger partial charge on any atom is 0.107 e. The lowest BCUT2D eigenvalue weighted by atomic mass is 10.0. The van der Waals surface area contributed by atoms with E-state index in [9.17, 15) is 0 Å². The molecule has 0 spiro atoms. The zero-order chi connectivity index (χ0) is 13.7. The van der Waals surface area contributed by atoms with Gasteiger partial charge in [0.25, 0.3) is 0 Å². The van der Waals surface area contributed by atoms with Crippen LogP contribution in [0.25, 0.3) is 0 Å². The highest BCUT2D eigenvalue weighted by Gasteiger charge is 2.20. The van der Waals surface area contributed by atoms with Gasteiger partial charge in [0.15, 0.2) is 0 Å². The van der Waals surface area contributed by atoms with Gasteiger partial charge in [-0.3, -0.25) is 4.90 Å². The van der Waals surface area contributed by atoms with Crippen molar-refractivity contribution in [1.29, 1.82) is 0 Å². The van der Waals surface area contributed by atoms with Gasteiger partial charge < -0.3 is 10.2 Å². The SMILES string of the molecule is CCNCc1nc(CN(C)C2CCN(C)CC2)cs1. The van der Waals surface area contributed by atoms with Crippen LogP contribution >= 0.6 is 11.3 Å². The van der Waals surface area contributed by atoms with Gasteiger partial charge in [-0.2, -0.15) is 0 Å². The molecule has 0 aromatic carbocycles. The van der Waals surface area contributed by atoms with E-state index >= 15 is 0 Å². The van der Waals surface area contributed by atoms with Crippen LogP contribution < -0.4 is 5.32 Å². The lowest BCUT2D eigenvalue weighted by Crippen LogP contribution is -2.41. The van der Waals surface area contributed by atoms with Gasteiger partial charge in [0.1, 0.15) is 5.01 Å². The number of nitrogens with one attached hydrogen (secondary N) is 1. The molecule has 0 amide bonds. The average molecular weight is 282 g/mol. The van der Waals surface area contributed by atoms with Crippen molar-refractivity contribution >= 4 is 11.3 Å². The van der Waals surface area contributed by atoms with E-state index in [2.05, 4.69) is 41.5 Å². The molecule has 2 heterocycles. The van der Waals surface area contributed by atoms with Crippen molar-refractivity contribution in [2.75, 3.05) is 33.7 Å². The summed E-state index contributed by atoms with van der Waals surface area (Å²) in [5.74, 6) is 0. The summed E-state index contributed by atoms with van der Waals surface area (Å²) in [7, 11) is 4.45. The second kappa shape index (κ2) is 7.33. The molecule has 0 atom stereocenters. The number of piperidine rings is 1. The summed E-state index contributed by atoms with van der Waals surface area (Å²) in [6.07, 6.45) is 2.56. The number of nitrogens with zero attached hydrogens (tertiary/aromatic N) is 3. The predicted molar refractivity (Wildman–Crippen MR) is 81.5 cm³/mol. The second-order valence-corrected chi connectivity index (χ2v) is 6.41. The average Bonchev–Trinajstić information content (AvgIpc) is 2.84. The Balaban J connectivity index is 1.81. The zero-order valence-electron chi connectivity index (χ0n) is 12.4. The molecule has 1 aromatic rings. The third-order valence-electron chi connectivity index (χ3n) is 3.85. The zero-order valence-corrected chi connectivity index (χ0v) is 13.2. The van der Waals surface area contributed by atoms with Crippen molar-refractivity contribution < 1.29 is 0 Å². The van der Waals surface area contributed by atoms with E-state index < -0.39 is 0 Å². The van der Waals surface area contributed by atoms with Gasteiger partial charge in [-0.1, -0.05) is 6.92 Å². The highest BCUT2D eigenvalue weighted by atomic mass is 32.1. The smallest absolute Gasteiger partial charge is 0.107 e. The number of likely N-dealkylation sites (tertiary alicyclic amines) is 1. The molecule has 108 valence electrons. The van der Waals surface area contributed by atoms with Gasteiger partial charge in [0.05, 0.1) is 5.69 Å². The molecule has 1 fully saturated rings. The summed E-state index contributed by atoms with van der Waals surface area (Å²) in [6, 6.07) is 0.718. The van der Waals surface area contributed by atoms with Crippen LogP contribution in [0.2, 0.25) is 0 Å². The lowest BCUT2D eigenvalue weighted by Gasteiger charge is -2.34. The molecule has 19 heavy (non-hydrogen) atoms. The summed E-state index contributed by atoms with van der Waals surface area (Å²) >= 11 is 1.77. The monoisotopic (exact) mass is 282 g/mol. The van der Waals surface area contributed by atoms with Crippen LogP contribution in [0.15, 0.2) is 5.38 Å². The Morgan fingerprint density at radius 3 is 2.89 bits per heavy atom. The first kappa shape index (κ1) is 14.9. The molecule has 1 N–H and O–H groups in total. The minimum absolute atomic E-state index is 0.718. The second-order valence-electron chi connectivity index (χ2n) is 5.46. The summed E-state index contributed by atoms with van der Waals surface area (Å²) in [5, 5.41) is 6.74. The third kappa shape index (κ3) is 4.53. The molecule has 0 unspecified atom stereocenters. The number of hydrogen-bond donors (Lipinski definition) is 1. The molecule has 0 bridgehead atoms. The van der Waals surface area contributed by atoms with Gasteiger partial charge in [-0.25, -0.2) is 4.98 Å². The Bertz CT molecular complexity index is 371. The van der Waals surface area contributed by atoms with Gasteiger partial charge in [-0.15, -0.1) is 11.3 Å². The lowest BCUT2D eigenvalue weighted by molar-refractivity contribution is 0.138.